The minimum absolute atomic E-state index is 0.158. The van der Waals surface area contributed by atoms with Crippen LogP contribution in [0.3, 0.4) is 0 Å². The van der Waals surface area contributed by atoms with Gasteiger partial charge in [0.15, 0.2) is 9.84 Å². The van der Waals surface area contributed by atoms with E-state index in [0.717, 1.165) is 12.0 Å². The molecule has 10 heteroatoms. The number of sulfone groups is 1. The van der Waals surface area contributed by atoms with E-state index in [9.17, 15) is 22.9 Å². The number of aromatic nitrogens is 1. The molecule has 1 atom stereocenters. The van der Waals surface area contributed by atoms with E-state index < -0.39 is 21.7 Å². The van der Waals surface area contributed by atoms with Crippen molar-refractivity contribution in [3.05, 3.63) is 65.2 Å². The number of halogens is 1. The van der Waals surface area contributed by atoms with Gasteiger partial charge >= 0.3 is 0 Å². The Balaban J connectivity index is 1.58. The summed E-state index contributed by atoms with van der Waals surface area (Å²) >= 11 is 0. The quantitative estimate of drug-likeness (QED) is 0.303. The summed E-state index contributed by atoms with van der Waals surface area (Å²) in [5, 5.41) is 12.3. The molecule has 0 saturated carbocycles. The second-order valence-corrected chi connectivity index (χ2v) is 10.6. The molecule has 35 heavy (non-hydrogen) atoms. The zero-order chi connectivity index (χ0) is 25.3. The van der Waals surface area contributed by atoms with Gasteiger partial charge in [-0.15, -0.1) is 0 Å². The number of hydrogen-bond donors (Lipinski definition) is 1. The van der Waals surface area contributed by atoms with Crippen molar-refractivity contribution >= 4 is 21.8 Å². The first-order valence-corrected chi connectivity index (χ1v) is 13.3. The average molecular weight is 501 g/mol. The van der Waals surface area contributed by atoms with E-state index >= 15 is 0 Å². The highest BCUT2D eigenvalue weighted by Gasteiger charge is 2.21. The fourth-order valence-electron chi connectivity index (χ4n) is 3.71. The lowest BCUT2D eigenvalue weighted by atomic mass is 10.0. The minimum atomic E-state index is -2.90. The van der Waals surface area contributed by atoms with Crippen LogP contribution in [0, 0.1) is 17.3 Å². The van der Waals surface area contributed by atoms with Crippen LogP contribution in [0.25, 0.3) is 6.08 Å². The van der Waals surface area contributed by atoms with Gasteiger partial charge in [0.2, 0.25) is 5.95 Å². The molecule has 1 aliphatic rings. The van der Waals surface area contributed by atoms with Crippen LogP contribution in [-0.4, -0.2) is 62.0 Å². The molecule has 1 N–H and O–H groups in total. The van der Waals surface area contributed by atoms with Crippen molar-refractivity contribution in [3.8, 4) is 11.8 Å². The molecule has 2 aromatic rings. The highest BCUT2D eigenvalue weighted by Crippen LogP contribution is 2.22. The van der Waals surface area contributed by atoms with Crippen LogP contribution in [0.2, 0.25) is 0 Å². The number of hydrogen-bond acceptors (Lipinski definition) is 7. The maximum absolute atomic E-state index is 13.3. The van der Waals surface area contributed by atoms with Crippen LogP contribution in [0.4, 0.5) is 4.39 Å². The highest BCUT2D eigenvalue weighted by atomic mass is 32.2. The number of benzene rings is 1. The number of pyridine rings is 1. The fraction of sp³-hybridized carbons (Fsp3) is 0.400. The molecule has 0 bridgehead atoms. The predicted octanol–water partition coefficient (Wildman–Crippen LogP) is 2.89. The number of rotatable bonds is 10. The number of carbonyl (C=O) groups is 1. The number of amides is 1. The summed E-state index contributed by atoms with van der Waals surface area (Å²) in [6.45, 7) is 4.14. The maximum Gasteiger partial charge on any atom is 0.262 e. The zero-order valence-corrected chi connectivity index (χ0v) is 20.4. The summed E-state index contributed by atoms with van der Waals surface area (Å²) in [6.07, 6.45) is 2.74. The number of ether oxygens (including phenoxy) is 1. The second-order valence-electron chi connectivity index (χ2n) is 8.28. The summed E-state index contributed by atoms with van der Waals surface area (Å²) in [5.74, 6) is -0.191. The molecular formula is C25H29FN4O4S. The van der Waals surface area contributed by atoms with Crippen LogP contribution in [0.1, 0.15) is 37.1 Å². The molecule has 1 fully saturated rings. The normalized spacial score (nSPS) is 16.8. The molecule has 0 spiro atoms. The van der Waals surface area contributed by atoms with Crippen LogP contribution in [0.5, 0.6) is 5.75 Å². The standard InChI is InChI=1S/C25H29FN4O4S/c1-2-4-23(29-25(31)20(18-27)17-21-5-3-6-24(26)28-21)19-7-9-22(10-8-19)34-14-11-30-12-15-35(32,33)16-13-30/h3,5-10,17,23H,2,4,11-16H2,1H3,(H,29,31)/b20-17+. The van der Waals surface area contributed by atoms with E-state index in [1.165, 1.54) is 24.3 Å². The van der Waals surface area contributed by atoms with Crippen molar-refractivity contribution in [2.45, 2.75) is 25.8 Å². The van der Waals surface area contributed by atoms with E-state index in [1.807, 2.05) is 37.3 Å². The average Bonchev–Trinajstić information content (AvgIpc) is 2.84. The molecule has 1 saturated heterocycles. The van der Waals surface area contributed by atoms with Crippen molar-refractivity contribution in [3.63, 3.8) is 0 Å². The predicted molar refractivity (Wildman–Crippen MR) is 131 cm³/mol. The lowest BCUT2D eigenvalue weighted by Gasteiger charge is -2.26. The van der Waals surface area contributed by atoms with Gasteiger partial charge in [0.05, 0.1) is 23.2 Å². The van der Waals surface area contributed by atoms with Crippen LogP contribution in [-0.2, 0) is 14.6 Å². The Morgan fingerprint density at radius 3 is 2.60 bits per heavy atom. The molecule has 0 radical (unpaired) electrons. The SMILES string of the molecule is CCCC(NC(=O)/C(C#N)=C/c1cccc(F)n1)c1ccc(OCCN2CCS(=O)(=O)CC2)cc1. The Morgan fingerprint density at radius 2 is 1.97 bits per heavy atom. The Morgan fingerprint density at radius 1 is 1.26 bits per heavy atom. The minimum Gasteiger partial charge on any atom is -0.492 e. The molecular weight excluding hydrogens is 471 g/mol. The van der Waals surface area contributed by atoms with Gasteiger partial charge in [0, 0.05) is 19.6 Å². The Hall–Kier alpha value is -3.29. The van der Waals surface area contributed by atoms with Crippen molar-refractivity contribution < 1.29 is 22.3 Å². The molecule has 8 nitrogen and oxygen atoms in total. The van der Waals surface area contributed by atoms with Crippen molar-refractivity contribution in [2.75, 3.05) is 37.7 Å². The molecule has 1 aromatic heterocycles. The van der Waals surface area contributed by atoms with Crippen LogP contribution in [0.15, 0.2) is 48.0 Å². The van der Waals surface area contributed by atoms with Gasteiger partial charge in [-0.3, -0.25) is 9.69 Å². The van der Waals surface area contributed by atoms with Gasteiger partial charge in [0.25, 0.3) is 5.91 Å². The van der Waals surface area contributed by atoms with E-state index in [2.05, 4.69) is 15.2 Å². The molecule has 0 aliphatic carbocycles. The highest BCUT2D eigenvalue weighted by molar-refractivity contribution is 7.91. The van der Waals surface area contributed by atoms with Crippen LogP contribution < -0.4 is 10.1 Å². The molecule has 3 rings (SSSR count). The summed E-state index contributed by atoms with van der Waals surface area (Å²) in [6, 6.07) is 13.1. The van der Waals surface area contributed by atoms with Gasteiger partial charge in [-0.1, -0.05) is 31.5 Å². The van der Waals surface area contributed by atoms with Gasteiger partial charge in [0.1, 0.15) is 24.0 Å². The van der Waals surface area contributed by atoms with Gasteiger partial charge < -0.3 is 10.1 Å². The second kappa shape index (κ2) is 12.4. The maximum atomic E-state index is 13.3. The molecule has 2 heterocycles. The summed E-state index contributed by atoms with van der Waals surface area (Å²) in [7, 11) is -2.90. The lowest BCUT2D eigenvalue weighted by Crippen LogP contribution is -2.42. The molecule has 186 valence electrons. The molecule has 1 aliphatic heterocycles. The lowest BCUT2D eigenvalue weighted by molar-refractivity contribution is -0.117. The van der Waals surface area contributed by atoms with E-state index in [1.54, 1.807) is 0 Å². The summed E-state index contributed by atoms with van der Waals surface area (Å²) in [5.41, 5.74) is 0.904. The summed E-state index contributed by atoms with van der Waals surface area (Å²) in [4.78, 5) is 18.5. The third-order valence-corrected chi connectivity index (χ3v) is 7.28. The molecule has 1 aromatic carbocycles. The number of carbonyl (C=O) groups excluding carboxylic acids is 1. The van der Waals surface area contributed by atoms with E-state index in [4.69, 9.17) is 4.74 Å². The smallest absolute Gasteiger partial charge is 0.262 e. The third-order valence-electron chi connectivity index (χ3n) is 5.67. The fourth-order valence-corrected chi connectivity index (χ4v) is 4.99. The first-order valence-electron chi connectivity index (χ1n) is 11.5. The van der Waals surface area contributed by atoms with Gasteiger partial charge in [-0.05, 0) is 42.3 Å². The van der Waals surface area contributed by atoms with Gasteiger partial charge in [-0.25, -0.2) is 13.4 Å². The Bertz CT molecular complexity index is 1180. The number of nitriles is 1. The monoisotopic (exact) mass is 500 g/mol. The van der Waals surface area contributed by atoms with Crippen molar-refractivity contribution in [1.82, 2.24) is 15.2 Å². The van der Waals surface area contributed by atoms with Crippen molar-refractivity contribution in [1.29, 1.82) is 5.26 Å². The Labute approximate surface area is 205 Å². The first-order chi connectivity index (χ1) is 16.8. The van der Waals surface area contributed by atoms with E-state index in [-0.39, 0.29) is 28.8 Å². The van der Waals surface area contributed by atoms with E-state index in [0.29, 0.717) is 38.4 Å². The molecule has 1 unspecified atom stereocenters. The number of nitrogens with zero attached hydrogens (tertiary/aromatic N) is 3. The first kappa shape index (κ1) is 26.3. The third kappa shape index (κ3) is 8.16. The van der Waals surface area contributed by atoms with Crippen molar-refractivity contribution in [2.24, 2.45) is 0 Å². The largest absolute Gasteiger partial charge is 0.492 e. The number of nitrogens with one attached hydrogen (secondary N) is 1. The van der Waals surface area contributed by atoms with Gasteiger partial charge in [-0.2, -0.15) is 9.65 Å². The zero-order valence-electron chi connectivity index (χ0n) is 19.6. The Kier molecular flexibility index (Phi) is 9.34. The topological polar surface area (TPSA) is 112 Å². The van der Waals surface area contributed by atoms with Crippen LogP contribution >= 0.6 is 0 Å². The summed E-state index contributed by atoms with van der Waals surface area (Å²) < 4.78 is 42.2. The molecule has 1 amide bonds.